The number of hydrogen-bond donors (Lipinski definition) is 0. The largest absolute Gasteiger partial charge is 0.455 e. The molecular weight excluding hydrogens is 414 g/mol. The van der Waals surface area contributed by atoms with Crippen molar-refractivity contribution in [1.82, 2.24) is 0 Å². The predicted octanol–water partition coefficient (Wildman–Crippen LogP) is 7.55. The lowest BCUT2D eigenvalue weighted by atomic mass is 9.89. The lowest BCUT2D eigenvalue weighted by Gasteiger charge is -2.14. The van der Waals surface area contributed by atoms with Crippen molar-refractivity contribution in [2.45, 2.75) is 12.8 Å². The summed E-state index contributed by atoms with van der Waals surface area (Å²) in [5.41, 5.74) is 12.1. The van der Waals surface area contributed by atoms with Crippen LogP contribution in [0.1, 0.15) is 28.2 Å². The number of fused-ring (bicyclic) bond motifs is 6. The first-order chi connectivity index (χ1) is 16.7. The van der Waals surface area contributed by atoms with E-state index in [-0.39, 0.29) is 5.92 Å². The van der Waals surface area contributed by atoms with E-state index in [2.05, 4.69) is 122 Å². The van der Waals surface area contributed by atoms with Gasteiger partial charge in [-0.1, -0.05) is 72.8 Å². The van der Waals surface area contributed by atoms with E-state index in [0.29, 0.717) is 0 Å². The molecule has 2 nitrogen and oxygen atoms in total. The highest BCUT2D eigenvalue weighted by atomic mass is 16.3. The minimum atomic E-state index is 0.221. The van der Waals surface area contributed by atoms with Gasteiger partial charge in [0.1, 0.15) is 18.2 Å². The van der Waals surface area contributed by atoms with Crippen molar-refractivity contribution >= 4 is 21.9 Å². The zero-order valence-corrected chi connectivity index (χ0v) is 19.2. The van der Waals surface area contributed by atoms with Crippen LogP contribution in [0.4, 0.5) is 0 Å². The monoisotopic (exact) mass is 438 g/mol. The van der Waals surface area contributed by atoms with Crippen LogP contribution in [0.5, 0.6) is 0 Å². The Bertz CT molecular complexity index is 1690. The second-order valence-corrected chi connectivity index (χ2v) is 9.30. The van der Waals surface area contributed by atoms with Crippen LogP contribution in [-0.2, 0) is 7.05 Å². The maximum atomic E-state index is 6.64. The quantitative estimate of drug-likeness (QED) is 0.255. The molecular formula is C32H24NO+. The number of hydrogen-bond acceptors (Lipinski definition) is 1. The summed E-state index contributed by atoms with van der Waals surface area (Å²) in [6.07, 6.45) is 2.09. The van der Waals surface area contributed by atoms with E-state index in [4.69, 9.17) is 4.42 Å². The van der Waals surface area contributed by atoms with Crippen LogP contribution < -0.4 is 4.57 Å². The van der Waals surface area contributed by atoms with E-state index in [1.54, 1.807) is 0 Å². The molecule has 6 aromatic rings. The molecule has 0 saturated heterocycles. The van der Waals surface area contributed by atoms with Crippen molar-refractivity contribution in [3.63, 3.8) is 0 Å². The van der Waals surface area contributed by atoms with Gasteiger partial charge in [0.05, 0.1) is 5.56 Å². The zero-order valence-electron chi connectivity index (χ0n) is 19.2. The molecule has 0 bridgehead atoms. The Hall–Kier alpha value is -4.17. The summed E-state index contributed by atoms with van der Waals surface area (Å²) in [5.74, 6) is 0.221. The molecule has 2 heterocycles. The third-order valence-corrected chi connectivity index (χ3v) is 7.35. The topological polar surface area (TPSA) is 17.0 Å². The van der Waals surface area contributed by atoms with Crippen LogP contribution in [0.2, 0.25) is 0 Å². The molecule has 4 aromatic carbocycles. The van der Waals surface area contributed by atoms with E-state index in [1.165, 1.54) is 38.8 Å². The Morgan fingerprint density at radius 3 is 2.12 bits per heavy atom. The van der Waals surface area contributed by atoms with Gasteiger partial charge in [-0.3, -0.25) is 0 Å². The minimum Gasteiger partial charge on any atom is -0.455 e. The molecule has 0 fully saturated rings. The van der Waals surface area contributed by atoms with Crippen LogP contribution in [0.25, 0.3) is 44.3 Å². The number of furan rings is 1. The first-order valence-electron chi connectivity index (χ1n) is 11.8. The normalized spacial score (nSPS) is 12.9. The Morgan fingerprint density at radius 2 is 1.38 bits per heavy atom. The van der Waals surface area contributed by atoms with Crippen molar-refractivity contribution in [3.8, 4) is 22.4 Å². The van der Waals surface area contributed by atoms with Gasteiger partial charge < -0.3 is 4.42 Å². The van der Waals surface area contributed by atoms with Gasteiger partial charge in [0.15, 0.2) is 6.20 Å². The van der Waals surface area contributed by atoms with Crippen molar-refractivity contribution in [2.24, 2.45) is 7.05 Å². The molecule has 0 radical (unpaired) electrons. The summed E-state index contributed by atoms with van der Waals surface area (Å²) in [6, 6.07) is 35.0. The summed E-state index contributed by atoms with van der Waals surface area (Å²) in [7, 11) is 2.09. The second kappa shape index (κ2) is 7.16. The Balaban J connectivity index is 1.47. The predicted molar refractivity (Wildman–Crippen MR) is 138 cm³/mol. The fourth-order valence-corrected chi connectivity index (χ4v) is 5.75. The molecule has 1 aliphatic rings. The van der Waals surface area contributed by atoms with Gasteiger partial charge in [-0.25, -0.2) is 4.57 Å². The van der Waals surface area contributed by atoms with E-state index >= 15 is 0 Å². The van der Waals surface area contributed by atoms with Crippen LogP contribution in [0, 0.1) is 6.92 Å². The molecule has 2 heteroatoms. The van der Waals surface area contributed by atoms with E-state index in [1.807, 2.05) is 0 Å². The third kappa shape index (κ3) is 2.66. The second-order valence-electron chi connectivity index (χ2n) is 9.30. The van der Waals surface area contributed by atoms with Gasteiger partial charge in [0.25, 0.3) is 0 Å². The summed E-state index contributed by atoms with van der Waals surface area (Å²) in [5, 5.41) is 2.33. The van der Waals surface area contributed by atoms with Gasteiger partial charge in [0.2, 0.25) is 5.69 Å². The van der Waals surface area contributed by atoms with Crippen LogP contribution in [-0.4, -0.2) is 0 Å². The SMILES string of the molecule is Cc1ccc2c(oc3cc(C4c5ccccc5-c5ccccc54)ccc32)c1-c1cccc[n+]1C. The summed E-state index contributed by atoms with van der Waals surface area (Å²) in [4.78, 5) is 0. The molecule has 34 heavy (non-hydrogen) atoms. The first-order valence-corrected chi connectivity index (χ1v) is 11.8. The smallest absolute Gasteiger partial charge is 0.216 e. The Morgan fingerprint density at radius 1 is 0.706 bits per heavy atom. The molecule has 1 aliphatic carbocycles. The molecule has 0 unspecified atom stereocenters. The number of aromatic nitrogens is 1. The van der Waals surface area contributed by atoms with E-state index in [9.17, 15) is 0 Å². The summed E-state index contributed by atoms with van der Waals surface area (Å²) in [6.45, 7) is 2.16. The molecule has 7 rings (SSSR count). The van der Waals surface area contributed by atoms with Crippen molar-refractivity contribution in [2.75, 3.05) is 0 Å². The molecule has 162 valence electrons. The van der Waals surface area contributed by atoms with Gasteiger partial charge in [0, 0.05) is 28.8 Å². The number of aryl methyl sites for hydroxylation is 2. The van der Waals surface area contributed by atoms with Gasteiger partial charge in [-0.15, -0.1) is 0 Å². The molecule has 0 atom stereocenters. The highest BCUT2D eigenvalue weighted by molar-refractivity contribution is 6.10. The lowest BCUT2D eigenvalue weighted by molar-refractivity contribution is -0.660. The highest BCUT2D eigenvalue weighted by Gasteiger charge is 2.30. The molecule has 0 aliphatic heterocycles. The fourth-order valence-electron chi connectivity index (χ4n) is 5.75. The molecule has 0 saturated carbocycles. The van der Waals surface area contributed by atoms with Crippen LogP contribution in [0.3, 0.4) is 0 Å². The first kappa shape index (κ1) is 19.3. The van der Waals surface area contributed by atoms with E-state index in [0.717, 1.165) is 27.8 Å². The van der Waals surface area contributed by atoms with Crippen molar-refractivity contribution < 1.29 is 8.98 Å². The average molecular weight is 439 g/mol. The maximum absolute atomic E-state index is 6.64. The van der Waals surface area contributed by atoms with Crippen LogP contribution >= 0.6 is 0 Å². The third-order valence-electron chi connectivity index (χ3n) is 7.35. The summed E-state index contributed by atoms with van der Waals surface area (Å²) >= 11 is 0. The Labute approximate surface area is 198 Å². The molecule has 2 aromatic heterocycles. The van der Waals surface area contributed by atoms with Crippen LogP contribution in [0.15, 0.2) is 108 Å². The number of rotatable bonds is 2. The number of nitrogens with zero attached hydrogens (tertiary/aromatic N) is 1. The highest BCUT2D eigenvalue weighted by Crippen LogP contribution is 2.48. The Kier molecular flexibility index (Phi) is 4.07. The van der Waals surface area contributed by atoms with Crippen molar-refractivity contribution in [1.29, 1.82) is 0 Å². The molecule has 0 N–H and O–H groups in total. The number of benzene rings is 4. The molecule has 0 amide bonds. The average Bonchev–Trinajstić information content (AvgIpc) is 3.40. The fraction of sp³-hybridized carbons (Fsp3) is 0.0938. The lowest BCUT2D eigenvalue weighted by Crippen LogP contribution is -2.30. The van der Waals surface area contributed by atoms with Gasteiger partial charge in [-0.2, -0.15) is 0 Å². The van der Waals surface area contributed by atoms with E-state index < -0.39 is 0 Å². The maximum Gasteiger partial charge on any atom is 0.216 e. The van der Waals surface area contributed by atoms with Gasteiger partial charge >= 0.3 is 0 Å². The standard InChI is InChI=1S/C32H24NO/c1-20-14-16-27-24-17-15-21(19-29(24)34-32(27)30(20)28-13-7-8-18-33(28)2)31-25-11-5-3-9-22(25)23-10-4-6-12-26(23)31/h3-19,31H,1-2H3/q+1. The van der Waals surface area contributed by atoms with Crippen molar-refractivity contribution in [3.05, 3.63) is 126 Å². The van der Waals surface area contributed by atoms with Gasteiger partial charge in [-0.05, 0) is 52.4 Å². The molecule has 0 spiro atoms. The number of pyridine rings is 1. The summed E-state index contributed by atoms with van der Waals surface area (Å²) < 4.78 is 8.80. The zero-order chi connectivity index (χ0) is 22.8. The minimum absolute atomic E-state index is 0.221.